The fourth-order valence-corrected chi connectivity index (χ4v) is 2.17. The summed E-state index contributed by atoms with van der Waals surface area (Å²) in [7, 11) is 1.32. The van der Waals surface area contributed by atoms with E-state index in [2.05, 4.69) is 21.2 Å². The van der Waals surface area contributed by atoms with E-state index in [0.29, 0.717) is 5.69 Å². The summed E-state index contributed by atoms with van der Waals surface area (Å²) in [6.07, 6.45) is 0. The molecule has 0 saturated carbocycles. The first kappa shape index (κ1) is 18.4. The Kier molecular flexibility index (Phi) is 6.07. The number of non-ortho nitro benzene ring substituents is 1. The molecule has 1 N–H and O–H groups in total. The van der Waals surface area contributed by atoms with Crippen molar-refractivity contribution in [1.29, 1.82) is 0 Å². The number of nitrogens with zero attached hydrogens (tertiary/aromatic N) is 1. The zero-order chi connectivity index (χ0) is 18.4. The second-order valence-electron chi connectivity index (χ2n) is 4.77. The standard InChI is InChI=1S/C16H13BrN2O6/c1-24-14-7-6-12(19(22)23)8-13(14)16(21)25-9-15(20)18-11-4-2-10(17)3-5-11/h2-8H,9H2,1H3,(H,18,20). The fourth-order valence-electron chi connectivity index (χ4n) is 1.91. The molecule has 0 unspecified atom stereocenters. The van der Waals surface area contributed by atoms with Crippen molar-refractivity contribution in [2.24, 2.45) is 0 Å². The van der Waals surface area contributed by atoms with Gasteiger partial charge in [-0.25, -0.2) is 4.79 Å². The van der Waals surface area contributed by atoms with Crippen LogP contribution in [0.3, 0.4) is 0 Å². The number of halogens is 1. The number of hydrogen-bond acceptors (Lipinski definition) is 6. The average Bonchev–Trinajstić information content (AvgIpc) is 2.61. The molecule has 0 atom stereocenters. The van der Waals surface area contributed by atoms with Gasteiger partial charge in [0.1, 0.15) is 11.3 Å². The minimum Gasteiger partial charge on any atom is -0.496 e. The minimum absolute atomic E-state index is 0.115. The van der Waals surface area contributed by atoms with Crippen molar-refractivity contribution in [2.75, 3.05) is 19.0 Å². The van der Waals surface area contributed by atoms with Gasteiger partial charge in [0.25, 0.3) is 11.6 Å². The summed E-state index contributed by atoms with van der Waals surface area (Å²) in [5.74, 6) is -1.32. The molecule has 0 aliphatic carbocycles. The number of nitro benzene ring substituents is 1. The summed E-state index contributed by atoms with van der Waals surface area (Å²) < 4.78 is 10.7. The number of nitro groups is 1. The van der Waals surface area contributed by atoms with Crippen LogP contribution in [0, 0.1) is 10.1 Å². The van der Waals surface area contributed by atoms with Crippen LogP contribution in [0.4, 0.5) is 11.4 Å². The molecule has 0 heterocycles. The molecule has 1 amide bonds. The Morgan fingerprint density at radius 2 is 1.88 bits per heavy atom. The van der Waals surface area contributed by atoms with E-state index in [4.69, 9.17) is 9.47 Å². The van der Waals surface area contributed by atoms with Crippen molar-refractivity contribution < 1.29 is 24.0 Å². The summed E-state index contributed by atoms with van der Waals surface area (Å²) in [6, 6.07) is 10.4. The number of hydrogen-bond donors (Lipinski definition) is 1. The van der Waals surface area contributed by atoms with E-state index in [1.165, 1.54) is 19.2 Å². The number of carbonyl (C=O) groups is 2. The maximum Gasteiger partial charge on any atom is 0.342 e. The van der Waals surface area contributed by atoms with Gasteiger partial charge < -0.3 is 14.8 Å². The summed E-state index contributed by atoms with van der Waals surface area (Å²) in [6.45, 7) is -0.541. The predicted octanol–water partition coefficient (Wildman–Crippen LogP) is 3.16. The summed E-state index contributed by atoms with van der Waals surface area (Å²) in [5, 5.41) is 13.4. The van der Waals surface area contributed by atoms with E-state index in [1.54, 1.807) is 24.3 Å². The Morgan fingerprint density at radius 3 is 2.48 bits per heavy atom. The van der Waals surface area contributed by atoms with Gasteiger partial charge in [0.05, 0.1) is 12.0 Å². The van der Waals surface area contributed by atoms with Crippen LogP contribution in [0.1, 0.15) is 10.4 Å². The lowest BCUT2D eigenvalue weighted by Gasteiger charge is -2.09. The Balaban J connectivity index is 2.01. The number of anilines is 1. The first-order valence-corrected chi connectivity index (χ1v) is 7.75. The van der Waals surface area contributed by atoms with Crippen molar-refractivity contribution in [3.63, 3.8) is 0 Å². The highest BCUT2D eigenvalue weighted by atomic mass is 79.9. The zero-order valence-electron chi connectivity index (χ0n) is 13.0. The lowest BCUT2D eigenvalue weighted by Crippen LogP contribution is -2.21. The van der Waals surface area contributed by atoms with Crippen LogP contribution < -0.4 is 10.1 Å². The van der Waals surface area contributed by atoms with Crippen LogP contribution >= 0.6 is 15.9 Å². The van der Waals surface area contributed by atoms with Crippen LogP contribution in [0.15, 0.2) is 46.9 Å². The molecule has 0 aliphatic rings. The molecule has 0 spiro atoms. The smallest absolute Gasteiger partial charge is 0.342 e. The van der Waals surface area contributed by atoms with E-state index < -0.39 is 23.4 Å². The molecule has 0 aromatic heterocycles. The van der Waals surface area contributed by atoms with Gasteiger partial charge in [0.15, 0.2) is 6.61 Å². The molecular weight excluding hydrogens is 396 g/mol. The molecule has 0 fully saturated rings. The summed E-state index contributed by atoms with van der Waals surface area (Å²) >= 11 is 3.28. The van der Waals surface area contributed by atoms with Gasteiger partial charge in [-0.1, -0.05) is 15.9 Å². The van der Waals surface area contributed by atoms with E-state index in [0.717, 1.165) is 10.5 Å². The molecular formula is C16H13BrN2O6. The van der Waals surface area contributed by atoms with E-state index in [9.17, 15) is 19.7 Å². The van der Waals surface area contributed by atoms with E-state index in [1.807, 2.05) is 0 Å². The van der Waals surface area contributed by atoms with Gasteiger partial charge in [-0.2, -0.15) is 0 Å². The van der Waals surface area contributed by atoms with Crippen LogP contribution in [0.5, 0.6) is 5.75 Å². The van der Waals surface area contributed by atoms with Crippen LogP contribution in [0.2, 0.25) is 0 Å². The van der Waals surface area contributed by atoms with Crippen molar-refractivity contribution in [3.8, 4) is 5.75 Å². The zero-order valence-corrected chi connectivity index (χ0v) is 14.6. The quantitative estimate of drug-likeness (QED) is 0.446. The fraction of sp³-hybridized carbons (Fsp3) is 0.125. The van der Waals surface area contributed by atoms with Crippen LogP contribution in [-0.4, -0.2) is 30.5 Å². The maximum absolute atomic E-state index is 12.1. The van der Waals surface area contributed by atoms with E-state index >= 15 is 0 Å². The number of ether oxygens (including phenoxy) is 2. The van der Waals surface area contributed by atoms with Crippen molar-refractivity contribution in [1.82, 2.24) is 0 Å². The number of nitrogens with one attached hydrogen (secondary N) is 1. The van der Waals surface area contributed by atoms with Crippen molar-refractivity contribution in [2.45, 2.75) is 0 Å². The molecule has 2 rings (SSSR count). The van der Waals surface area contributed by atoms with Gasteiger partial charge in [-0.3, -0.25) is 14.9 Å². The Hall–Kier alpha value is -2.94. The molecule has 130 valence electrons. The minimum atomic E-state index is -0.897. The maximum atomic E-state index is 12.1. The van der Waals surface area contributed by atoms with Gasteiger partial charge in [0.2, 0.25) is 0 Å². The van der Waals surface area contributed by atoms with Crippen molar-refractivity contribution in [3.05, 3.63) is 62.6 Å². The highest BCUT2D eigenvalue weighted by molar-refractivity contribution is 9.10. The highest BCUT2D eigenvalue weighted by Crippen LogP contribution is 2.24. The van der Waals surface area contributed by atoms with Crippen LogP contribution in [0.25, 0.3) is 0 Å². The molecule has 0 radical (unpaired) electrons. The molecule has 0 saturated heterocycles. The first-order valence-electron chi connectivity index (χ1n) is 6.95. The summed E-state index contributed by atoms with van der Waals surface area (Å²) in [4.78, 5) is 34.1. The first-order chi connectivity index (χ1) is 11.9. The molecule has 0 bridgehead atoms. The topological polar surface area (TPSA) is 108 Å². The monoisotopic (exact) mass is 408 g/mol. The van der Waals surface area contributed by atoms with Crippen LogP contribution in [-0.2, 0) is 9.53 Å². The second kappa shape index (κ2) is 8.25. The molecule has 25 heavy (non-hydrogen) atoms. The molecule has 2 aromatic rings. The number of benzene rings is 2. The second-order valence-corrected chi connectivity index (χ2v) is 5.69. The molecule has 2 aromatic carbocycles. The Morgan fingerprint density at radius 1 is 1.20 bits per heavy atom. The number of amides is 1. The number of rotatable bonds is 6. The predicted molar refractivity (Wildman–Crippen MR) is 92.7 cm³/mol. The molecule has 9 heteroatoms. The molecule has 8 nitrogen and oxygen atoms in total. The largest absolute Gasteiger partial charge is 0.496 e. The van der Waals surface area contributed by atoms with E-state index in [-0.39, 0.29) is 17.0 Å². The van der Waals surface area contributed by atoms with Gasteiger partial charge in [0, 0.05) is 22.3 Å². The Labute approximate surface area is 151 Å². The normalized spacial score (nSPS) is 10.0. The number of carbonyl (C=O) groups excluding carboxylic acids is 2. The third kappa shape index (κ3) is 5.01. The lowest BCUT2D eigenvalue weighted by molar-refractivity contribution is -0.384. The highest BCUT2D eigenvalue weighted by Gasteiger charge is 2.19. The van der Waals surface area contributed by atoms with Crippen molar-refractivity contribution >= 4 is 39.2 Å². The number of esters is 1. The lowest BCUT2D eigenvalue weighted by atomic mass is 10.2. The van der Waals surface area contributed by atoms with Gasteiger partial charge in [-0.05, 0) is 30.3 Å². The average molecular weight is 409 g/mol. The number of methoxy groups -OCH3 is 1. The third-order valence-corrected chi connectivity index (χ3v) is 3.60. The SMILES string of the molecule is COc1ccc([N+](=O)[O-])cc1C(=O)OCC(=O)Nc1ccc(Br)cc1. The third-order valence-electron chi connectivity index (χ3n) is 3.08. The van der Waals surface area contributed by atoms with Gasteiger partial charge in [-0.15, -0.1) is 0 Å². The Bertz CT molecular complexity index is 807. The van der Waals surface area contributed by atoms with Gasteiger partial charge >= 0.3 is 5.97 Å². The molecule has 0 aliphatic heterocycles. The summed E-state index contributed by atoms with van der Waals surface area (Å²) in [5.41, 5.74) is 0.123.